The van der Waals surface area contributed by atoms with Gasteiger partial charge in [-0.1, -0.05) is 33.6 Å². The fourth-order valence-electron chi connectivity index (χ4n) is 2.80. The van der Waals surface area contributed by atoms with Gasteiger partial charge in [0.15, 0.2) is 0 Å². The summed E-state index contributed by atoms with van der Waals surface area (Å²) in [6.45, 7) is 10.2. The monoisotopic (exact) mass is 212 g/mol. The first-order chi connectivity index (χ1) is 7.22. The Morgan fingerprint density at radius 1 is 1.33 bits per heavy atom. The van der Waals surface area contributed by atoms with Crippen LogP contribution >= 0.6 is 0 Å². The van der Waals surface area contributed by atoms with E-state index in [1.54, 1.807) is 0 Å². The molecule has 2 nitrogen and oxygen atoms in total. The summed E-state index contributed by atoms with van der Waals surface area (Å²) in [6, 6.07) is 0.772. The SMILES string of the molecule is CCC(C)CN(CC)C1CCCC1CN. The average Bonchev–Trinajstić information content (AvgIpc) is 2.73. The molecule has 1 aliphatic rings. The van der Waals surface area contributed by atoms with Crippen LogP contribution in [-0.4, -0.2) is 30.6 Å². The van der Waals surface area contributed by atoms with Crippen molar-refractivity contribution < 1.29 is 0 Å². The van der Waals surface area contributed by atoms with Crippen LogP contribution in [0.1, 0.15) is 46.5 Å². The molecule has 0 aromatic heterocycles. The third-order valence-corrected chi connectivity index (χ3v) is 4.04. The maximum atomic E-state index is 5.85. The molecule has 1 saturated carbocycles. The zero-order valence-corrected chi connectivity index (χ0v) is 10.7. The van der Waals surface area contributed by atoms with Gasteiger partial charge in [0.1, 0.15) is 0 Å². The topological polar surface area (TPSA) is 29.3 Å². The van der Waals surface area contributed by atoms with Gasteiger partial charge in [0.25, 0.3) is 0 Å². The second-order valence-corrected chi connectivity index (χ2v) is 5.10. The Morgan fingerprint density at radius 2 is 2.07 bits per heavy atom. The maximum absolute atomic E-state index is 5.85. The van der Waals surface area contributed by atoms with Crippen LogP contribution in [0.4, 0.5) is 0 Å². The predicted molar refractivity (Wildman–Crippen MR) is 66.9 cm³/mol. The van der Waals surface area contributed by atoms with Gasteiger partial charge < -0.3 is 10.6 Å². The molecule has 1 aliphatic carbocycles. The molecule has 0 amide bonds. The van der Waals surface area contributed by atoms with E-state index < -0.39 is 0 Å². The molecule has 0 radical (unpaired) electrons. The Morgan fingerprint density at radius 3 is 2.60 bits per heavy atom. The first-order valence-electron chi connectivity index (χ1n) is 6.67. The minimum absolute atomic E-state index is 0.758. The summed E-state index contributed by atoms with van der Waals surface area (Å²) in [5.41, 5.74) is 5.85. The van der Waals surface area contributed by atoms with Crippen molar-refractivity contribution in [2.45, 2.75) is 52.5 Å². The Bertz CT molecular complexity index is 170. The summed E-state index contributed by atoms with van der Waals surface area (Å²) in [5, 5.41) is 0. The zero-order valence-electron chi connectivity index (χ0n) is 10.7. The second-order valence-electron chi connectivity index (χ2n) is 5.10. The van der Waals surface area contributed by atoms with Crippen LogP contribution in [-0.2, 0) is 0 Å². The molecular weight excluding hydrogens is 184 g/mol. The average molecular weight is 212 g/mol. The van der Waals surface area contributed by atoms with E-state index in [2.05, 4.69) is 25.7 Å². The molecule has 0 heterocycles. The molecule has 2 N–H and O–H groups in total. The van der Waals surface area contributed by atoms with Crippen LogP contribution < -0.4 is 5.73 Å². The molecule has 0 aliphatic heterocycles. The molecular formula is C13H28N2. The standard InChI is InChI=1S/C13H28N2/c1-4-11(3)10-15(5-2)13-8-6-7-12(13)9-14/h11-13H,4-10,14H2,1-3H3. The normalized spacial score (nSPS) is 28.6. The van der Waals surface area contributed by atoms with E-state index >= 15 is 0 Å². The molecule has 0 spiro atoms. The number of hydrogen-bond acceptors (Lipinski definition) is 2. The summed E-state index contributed by atoms with van der Waals surface area (Å²) < 4.78 is 0. The third-order valence-electron chi connectivity index (χ3n) is 4.04. The highest BCUT2D eigenvalue weighted by Crippen LogP contribution is 2.29. The van der Waals surface area contributed by atoms with E-state index in [4.69, 9.17) is 5.73 Å². The highest BCUT2D eigenvalue weighted by molar-refractivity contribution is 4.86. The lowest BCUT2D eigenvalue weighted by Gasteiger charge is -2.33. The highest BCUT2D eigenvalue weighted by atomic mass is 15.2. The van der Waals surface area contributed by atoms with Gasteiger partial charge in [-0.3, -0.25) is 0 Å². The van der Waals surface area contributed by atoms with Crippen LogP contribution in [0.3, 0.4) is 0 Å². The van der Waals surface area contributed by atoms with Crippen molar-refractivity contribution >= 4 is 0 Å². The lowest BCUT2D eigenvalue weighted by Crippen LogP contribution is -2.42. The van der Waals surface area contributed by atoms with Gasteiger partial charge in [0.05, 0.1) is 0 Å². The van der Waals surface area contributed by atoms with Crippen LogP contribution in [0.15, 0.2) is 0 Å². The lowest BCUT2D eigenvalue weighted by molar-refractivity contribution is 0.147. The maximum Gasteiger partial charge on any atom is 0.0135 e. The van der Waals surface area contributed by atoms with E-state index in [-0.39, 0.29) is 0 Å². The number of rotatable bonds is 6. The number of nitrogens with zero attached hydrogens (tertiary/aromatic N) is 1. The van der Waals surface area contributed by atoms with Crippen molar-refractivity contribution in [3.8, 4) is 0 Å². The van der Waals surface area contributed by atoms with Gasteiger partial charge in [-0.2, -0.15) is 0 Å². The Hall–Kier alpha value is -0.0800. The van der Waals surface area contributed by atoms with Crippen LogP contribution in [0, 0.1) is 11.8 Å². The molecule has 0 saturated heterocycles. The minimum atomic E-state index is 0.758. The molecule has 90 valence electrons. The summed E-state index contributed by atoms with van der Waals surface area (Å²) in [6.07, 6.45) is 5.38. The molecule has 3 unspecified atom stereocenters. The Labute approximate surface area is 95.2 Å². The van der Waals surface area contributed by atoms with Gasteiger partial charge in [-0.25, -0.2) is 0 Å². The largest absolute Gasteiger partial charge is 0.330 e. The van der Waals surface area contributed by atoms with Crippen molar-refractivity contribution in [1.82, 2.24) is 4.90 Å². The fraction of sp³-hybridized carbons (Fsp3) is 1.00. The van der Waals surface area contributed by atoms with Gasteiger partial charge in [-0.05, 0) is 37.8 Å². The minimum Gasteiger partial charge on any atom is -0.330 e. The van der Waals surface area contributed by atoms with Crippen molar-refractivity contribution in [3.63, 3.8) is 0 Å². The zero-order chi connectivity index (χ0) is 11.3. The van der Waals surface area contributed by atoms with Crippen molar-refractivity contribution in [2.24, 2.45) is 17.6 Å². The summed E-state index contributed by atoms with van der Waals surface area (Å²) in [5.74, 6) is 1.58. The van der Waals surface area contributed by atoms with Gasteiger partial charge in [0, 0.05) is 12.6 Å². The van der Waals surface area contributed by atoms with Crippen molar-refractivity contribution in [3.05, 3.63) is 0 Å². The van der Waals surface area contributed by atoms with Gasteiger partial charge >= 0.3 is 0 Å². The van der Waals surface area contributed by atoms with E-state index in [1.807, 2.05) is 0 Å². The van der Waals surface area contributed by atoms with Gasteiger partial charge in [-0.15, -0.1) is 0 Å². The van der Waals surface area contributed by atoms with Gasteiger partial charge in [0.2, 0.25) is 0 Å². The molecule has 2 heteroatoms. The molecule has 0 aromatic rings. The number of hydrogen-bond donors (Lipinski definition) is 1. The van der Waals surface area contributed by atoms with E-state index in [0.717, 1.165) is 24.4 Å². The highest BCUT2D eigenvalue weighted by Gasteiger charge is 2.30. The third kappa shape index (κ3) is 3.46. The first-order valence-corrected chi connectivity index (χ1v) is 6.67. The molecule has 0 aromatic carbocycles. The lowest BCUT2D eigenvalue weighted by atomic mass is 10.00. The van der Waals surface area contributed by atoms with E-state index in [0.29, 0.717) is 0 Å². The second kappa shape index (κ2) is 6.49. The van der Waals surface area contributed by atoms with Crippen LogP contribution in [0.25, 0.3) is 0 Å². The molecule has 0 bridgehead atoms. The summed E-state index contributed by atoms with van der Waals surface area (Å²) in [4.78, 5) is 2.67. The molecule has 3 atom stereocenters. The van der Waals surface area contributed by atoms with Crippen LogP contribution in [0.5, 0.6) is 0 Å². The first kappa shape index (κ1) is 13.0. The van der Waals surface area contributed by atoms with E-state index in [9.17, 15) is 0 Å². The molecule has 1 rings (SSSR count). The van der Waals surface area contributed by atoms with Crippen LogP contribution in [0.2, 0.25) is 0 Å². The molecule has 1 fully saturated rings. The smallest absolute Gasteiger partial charge is 0.0135 e. The van der Waals surface area contributed by atoms with E-state index in [1.165, 1.54) is 38.8 Å². The molecule has 15 heavy (non-hydrogen) atoms. The van der Waals surface area contributed by atoms with Crippen molar-refractivity contribution in [1.29, 1.82) is 0 Å². The quantitative estimate of drug-likeness (QED) is 0.733. The summed E-state index contributed by atoms with van der Waals surface area (Å²) in [7, 11) is 0. The summed E-state index contributed by atoms with van der Waals surface area (Å²) >= 11 is 0. The Kier molecular flexibility index (Phi) is 5.62. The fourth-order valence-corrected chi connectivity index (χ4v) is 2.80. The predicted octanol–water partition coefficient (Wildman–Crippen LogP) is 2.48. The Balaban J connectivity index is 2.49. The van der Waals surface area contributed by atoms with Crippen molar-refractivity contribution in [2.75, 3.05) is 19.6 Å². The number of nitrogens with two attached hydrogens (primary N) is 1.